The number of aliphatic hydroxyl groups is 1. The number of amides is 2. The summed E-state index contributed by atoms with van der Waals surface area (Å²) in [6.45, 7) is 13.9. The summed E-state index contributed by atoms with van der Waals surface area (Å²) >= 11 is 1.61. The van der Waals surface area contributed by atoms with Crippen molar-refractivity contribution in [2.24, 2.45) is 11.8 Å². The maximum atomic E-state index is 14.4. The first-order valence-corrected chi connectivity index (χ1v) is 13.9. The first-order valence-electron chi connectivity index (χ1n) is 13.0. The van der Waals surface area contributed by atoms with Crippen LogP contribution in [0.15, 0.2) is 43.5 Å². The van der Waals surface area contributed by atoms with Gasteiger partial charge in [0.05, 0.1) is 29.8 Å². The molecule has 4 rings (SSSR count). The Kier molecular flexibility index (Phi) is 7.91. The number of carbonyl (C=O) groups is 3. The standard InChI is InChI=1S/C29H38N2O5S/c1-6-8-9-17-36-27(35)23-22-25(33)31(15-16-32)24(29(22)13-12-28(23,5)37-29)26(34)30(14-7-2)21-18-19(3)10-11-20(21)4/h6-7,10-11,18,22-24,32H,1-2,8-9,12-17H2,3-5H3/t22-,23+,24?,28-,29?/m0/s1. The summed E-state index contributed by atoms with van der Waals surface area (Å²) in [5, 5.41) is 9.86. The molecule has 37 heavy (non-hydrogen) atoms. The lowest BCUT2D eigenvalue weighted by Gasteiger charge is -2.37. The van der Waals surface area contributed by atoms with Gasteiger partial charge in [0.25, 0.3) is 5.91 Å². The van der Waals surface area contributed by atoms with Gasteiger partial charge in [0, 0.05) is 23.5 Å². The van der Waals surface area contributed by atoms with Crippen molar-refractivity contribution in [3.05, 3.63) is 54.6 Å². The largest absolute Gasteiger partial charge is 0.465 e. The number of esters is 1. The molecule has 3 saturated heterocycles. The second-order valence-corrected chi connectivity index (χ2v) is 12.5. The number of aliphatic hydroxyl groups excluding tert-OH is 1. The number of thioether (sulfide) groups is 1. The van der Waals surface area contributed by atoms with Crippen molar-refractivity contribution in [1.29, 1.82) is 0 Å². The Morgan fingerprint density at radius 1 is 1.27 bits per heavy atom. The Balaban J connectivity index is 1.74. The maximum absolute atomic E-state index is 14.4. The van der Waals surface area contributed by atoms with Gasteiger partial charge in [-0.25, -0.2) is 0 Å². The van der Waals surface area contributed by atoms with Gasteiger partial charge in [-0.1, -0.05) is 24.3 Å². The third-order valence-electron chi connectivity index (χ3n) is 8.14. The molecule has 8 heteroatoms. The van der Waals surface area contributed by atoms with Crippen LogP contribution in [0.5, 0.6) is 0 Å². The lowest BCUT2D eigenvalue weighted by atomic mass is 9.66. The van der Waals surface area contributed by atoms with Crippen molar-refractivity contribution in [3.8, 4) is 0 Å². The van der Waals surface area contributed by atoms with E-state index in [4.69, 9.17) is 4.74 Å². The molecule has 0 aromatic heterocycles. The highest BCUT2D eigenvalue weighted by Crippen LogP contribution is 2.71. The summed E-state index contributed by atoms with van der Waals surface area (Å²) in [6, 6.07) is 5.17. The molecule has 7 nitrogen and oxygen atoms in total. The second-order valence-electron chi connectivity index (χ2n) is 10.6. The Morgan fingerprint density at radius 2 is 2.03 bits per heavy atom. The van der Waals surface area contributed by atoms with Crippen LogP contribution in [0.3, 0.4) is 0 Å². The molecule has 200 valence electrons. The summed E-state index contributed by atoms with van der Waals surface area (Å²) in [5.41, 5.74) is 2.75. The van der Waals surface area contributed by atoms with Crippen molar-refractivity contribution < 1.29 is 24.2 Å². The van der Waals surface area contributed by atoms with E-state index < -0.39 is 27.4 Å². The third kappa shape index (κ3) is 4.52. The highest BCUT2D eigenvalue weighted by Gasteiger charge is 2.77. The number of carbonyl (C=O) groups excluding carboxylic acids is 3. The number of anilines is 1. The molecule has 2 bridgehead atoms. The summed E-state index contributed by atoms with van der Waals surface area (Å²) in [5.74, 6) is -2.10. The number of β-amino-alcohol motifs (C(OH)–C–C–N with tert-alkyl or cyclic N) is 1. The molecule has 2 unspecified atom stereocenters. The lowest BCUT2D eigenvalue weighted by Crippen LogP contribution is -2.55. The predicted octanol–water partition coefficient (Wildman–Crippen LogP) is 3.81. The fourth-order valence-corrected chi connectivity index (χ4v) is 8.83. The van der Waals surface area contributed by atoms with Crippen LogP contribution < -0.4 is 4.90 Å². The van der Waals surface area contributed by atoms with Gasteiger partial charge < -0.3 is 19.6 Å². The quantitative estimate of drug-likeness (QED) is 0.268. The first-order chi connectivity index (χ1) is 17.6. The van der Waals surface area contributed by atoms with Crippen LogP contribution in [0.1, 0.15) is 43.7 Å². The van der Waals surface area contributed by atoms with Crippen LogP contribution >= 0.6 is 11.8 Å². The number of rotatable bonds is 11. The van der Waals surface area contributed by atoms with Crippen LogP contribution in [-0.4, -0.2) is 69.6 Å². The average molecular weight is 527 g/mol. The number of benzene rings is 1. The van der Waals surface area contributed by atoms with Crippen LogP contribution in [0, 0.1) is 25.7 Å². The number of likely N-dealkylation sites (tertiary alicyclic amines) is 1. The molecule has 1 spiro atoms. The molecule has 0 radical (unpaired) electrons. The number of ether oxygens (including phenoxy) is 1. The molecule has 0 aliphatic carbocycles. The highest BCUT2D eigenvalue weighted by atomic mass is 32.2. The zero-order valence-corrected chi connectivity index (χ0v) is 22.9. The number of allylic oxidation sites excluding steroid dienone is 1. The van der Waals surface area contributed by atoms with Gasteiger partial charge in [-0.3, -0.25) is 14.4 Å². The fourth-order valence-electron chi connectivity index (χ4n) is 6.50. The summed E-state index contributed by atoms with van der Waals surface area (Å²) in [6.07, 6.45) is 6.26. The maximum Gasteiger partial charge on any atom is 0.311 e. The van der Waals surface area contributed by atoms with Crippen molar-refractivity contribution >= 4 is 35.2 Å². The van der Waals surface area contributed by atoms with E-state index in [2.05, 4.69) is 13.2 Å². The zero-order chi connectivity index (χ0) is 27.0. The topological polar surface area (TPSA) is 87.1 Å². The minimum atomic E-state index is -0.789. The van der Waals surface area contributed by atoms with E-state index in [9.17, 15) is 19.5 Å². The number of fused-ring (bicyclic) bond motifs is 1. The van der Waals surface area contributed by atoms with Crippen LogP contribution in [0.2, 0.25) is 0 Å². The van der Waals surface area contributed by atoms with Gasteiger partial charge in [0.1, 0.15) is 6.04 Å². The number of hydrogen-bond donors (Lipinski definition) is 1. The summed E-state index contributed by atoms with van der Waals surface area (Å²) in [7, 11) is 0. The Bertz CT molecular complexity index is 1110. The van der Waals surface area contributed by atoms with Crippen LogP contribution in [-0.2, 0) is 19.1 Å². The fraction of sp³-hybridized carbons (Fsp3) is 0.552. The monoisotopic (exact) mass is 526 g/mol. The Hall–Kier alpha value is -2.58. The lowest BCUT2D eigenvalue weighted by molar-refractivity contribution is -0.155. The number of hydrogen-bond acceptors (Lipinski definition) is 6. The van der Waals surface area contributed by atoms with Crippen LogP contribution in [0.25, 0.3) is 0 Å². The average Bonchev–Trinajstić information content (AvgIpc) is 3.43. The zero-order valence-electron chi connectivity index (χ0n) is 22.1. The number of unbranched alkanes of at least 4 members (excludes halogenated alkanes) is 1. The van der Waals surface area contributed by atoms with Gasteiger partial charge in [-0.05, 0) is 63.6 Å². The molecule has 2 amide bonds. The van der Waals surface area contributed by atoms with Crippen molar-refractivity contribution in [2.75, 3.05) is 31.2 Å². The number of nitrogens with zero attached hydrogens (tertiary/aromatic N) is 2. The van der Waals surface area contributed by atoms with Gasteiger partial charge in [-0.15, -0.1) is 24.9 Å². The van der Waals surface area contributed by atoms with E-state index in [0.717, 1.165) is 29.7 Å². The minimum Gasteiger partial charge on any atom is -0.465 e. The SMILES string of the molecule is C=CCCCOC(=O)[C@H]1[C@H]2C(=O)N(CCO)C(C(=O)N(CC=C)c3cc(C)ccc3C)C23CC[C@]1(C)S3. The Morgan fingerprint density at radius 3 is 2.70 bits per heavy atom. The molecule has 1 aromatic rings. The third-order valence-corrected chi connectivity index (χ3v) is 10.1. The van der Waals surface area contributed by atoms with Crippen LogP contribution in [0.4, 0.5) is 5.69 Å². The second kappa shape index (κ2) is 10.7. The molecule has 3 fully saturated rings. The Labute approximate surface area is 223 Å². The normalized spacial score (nSPS) is 29.8. The van der Waals surface area contributed by atoms with E-state index in [1.54, 1.807) is 28.8 Å². The molecule has 0 saturated carbocycles. The van der Waals surface area contributed by atoms with E-state index in [-0.39, 0.29) is 44.1 Å². The van der Waals surface area contributed by atoms with E-state index in [0.29, 0.717) is 12.8 Å². The molecular weight excluding hydrogens is 488 g/mol. The molecule has 1 aromatic carbocycles. The highest BCUT2D eigenvalue weighted by molar-refractivity contribution is 8.02. The van der Waals surface area contributed by atoms with Crippen molar-refractivity contribution in [3.63, 3.8) is 0 Å². The molecule has 1 N–H and O–H groups in total. The van der Waals surface area contributed by atoms with Gasteiger partial charge in [0.2, 0.25) is 5.91 Å². The van der Waals surface area contributed by atoms with Gasteiger partial charge in [0.15, 0.2) is 0 Å². The first kappa shape index (κ1) is 27.5. The smallest absolute Gasteiger partial charge is 0.311 e. The van der Waals surface area contributed by atoms with Gasteiger partial charge >= 0.3 is 5.97 Å². The molecule has 3 heterocycles. The van der Waals surface area contributed by atoms with E-state index >= 15 is 0 Å². The molecule has 3 aliphatic heterocycles. The van der Waals surface area contributed by atoms with Crippen molar-refractivity contribution in [1.82, 2.24) is 4.90 Å². The van der Waals surface area contributed by atoms with E-state index in [1.807, 2.05) is 39.0 Å². The summed E-state index contributed by atoms with van der Waals surface area (Å²) < 4.78 is 4.41. The van der Waals surface area contributed by atoms with Gasteiger partial charge in [-0.2, -0.15) is 0 Å². The molecular formula is C29H38N2O5S. The molecule has 3 aliphatic rings. The predicted molar refractivity (Wildman–Crippen MR) is 146 cm³/mol. The minimum absolute atomic E-state index is 0.0423. The van der Waals surface area contributed by atoms with E-state index in [1.165, 1.54) is 4.90 Å². The van der Waals surface area contributed by atoms with Crippen molar-refractivity contribution in [2.45, 2.75) is 62.0 Å². The molecule has 5 atom stereocenters. The number of aryl methyl sites for hydroxylation is 2. The summed E-state index contributed by atoms with van der Waals surface area (Å²) in [4.78, 5) is 45.0.